The molecule has 1 aliphatic carbocycles. The molecule has 0 spiro atoms. The van der Waals surface area contributed by atoms with Crippen LogP contribution in [0.4, 0.5) is 10.5 Å². The van der Waals surface area contributed by atoms with Gasteiger partial charge < -0.3 is 25.4 Å². The van der Waals surface area contributed by atoms with Gasteiger partial charge in [-0.05, 0) is 69.0 Å². The van der Waals surface area contributed by atoms with Gasteiger partial charge in [-0.1, -0.05) is 60.2 Å². The van der Waals surface area contributed by atoms with E-state index in [0.29, 0.717) is 11.3 Å². The molecular weight excluding hydrogens is 482 g/mol. The quantitative estimate of drug-likeness (QED) is 0.401. The van der Waals surface area contributed by atoms with E-state index < -0.39 is 36.3 Å². The molecule has 3 amide bonds. The number of alkyl carbamates (subject to hydrolysis) is 1. The SMILES string of the molecule is Cc1cccc(C(C(=O)Nc2ccc3ccccc3c2)N(C(=O)C(CO)NC(=O)OC(C)(C)C)C2CC2)c1. The van der Waals surface area contributed by atoms with Crippen molar-refractivity contribution in [3.05, 3.63) is 77.9 Å². The number of carbonyl (C=O) groups excluding carboxylic acids is 3. The third-order valence-electron chi connectivity index (χ3n) is 6.27. The van der Waals surface area contributed by atoms with Crippen LogP contribution in [0.25, 0.3) is 10.8 Å². The number of aliphatic hydroxyl groups is 1. The van der Waals surface area contributed by atoms with E-state index >= 15 is 0 Å². The third-order valence-corrected chi connectivity index (χ3v) is 6.27. The number of aryl methyl sites for hydroxylation is 1. The number of hydrogen-bond donors (Lipinski definition) is 3. The van der Waals surface area contributed by atoms with Crippen molar-refractivity contribution in [1.29, 1.82) is 0 Å². The van der Waals surface area contributed by atoms with Crippen LogP contribution >= 0.6 is 0 Å². The molecule has 0 saturated heterocycles. The fourth-order valence-corrected chi connectivity index (χ4v) is 4.44. The van der Waals surface area contributed by atoms with E-state index in [-0.39, 0.29) is 11.9 Å². The number of anilines is 1. The molecule has 0 aromatic heterocycles. The zero-order valence-electron chi connectivity index (χ0n) is 22.2. The molecule has 3 N–H and O–H groups in total. The average molecular weight is 518 g/mol. The minimum absolute atomic E-state index is 0.190. The van der Waals surface area contributed by atoms with Gasteiger partial charge >= 0.3 is 6.09 Å². The zero-order chi connectivity index (χ0) is 27.4. The molecule has 3 aromatic carbocycles. The highest BCUT2D eigenvalue weighted by Gasteiger charge is 2.44. The number of hydrogen-bond acceptors (Lipinski definition) is 5. The van der Waals surface area contributed by atoms with Crippen LogP contribution in [0.1, 0.15) is 50.8 Å². The lowest BCUT2D eigenvalue weighted by Crippen LogP contribution is -2.54. The molecule has 0 bridgehead atoms. The Hall–Kier alpha value is -3.91. The number of carbonyl (C=O) groups is 3. The summed E-state index contributed by atoms with van der Waals surface area (Å²) in [5, 5.41) is 17.5. The van der Waals surface area contributed by atoms with Crippen molar-refractivity contribution in [3.8, 4) is 0 Å². The summed E-state index contributed by atoms with van der Waals surface area (Å²) >= 11 is 0. The Kier molecular flexibility index (Phi) is 8.02. The van der Waals surface area contributed by atoms with Crippen LogP contribution in [0.2, 0.25) is 0 Å². The van der Waals surface area contributed by atoms with Crippen molar-refractivity contribution < 1.29 is 24.2 Å². The monoisotopic (exact) mass is 517 g/mol. The fraction of sp³-hybridized carbons (Fsp3) is 0.367. The Morgan fingerprint density at radius 1 is 1.00 bits per heavy atom. The third kappa shape index (κ3) is 6.69. The Bertz CT molecular complexity index is 1330. The Morgan fingerprint density at radius 2 is 1.71 bits per heavy atom. The highest BCUT2D eigenvalue weighted by molar-refractivity contribution is 6.00. The maximum Gasteiger partial charge on any atom is 0.408 e. The molecule has 0 heterocycles. The first kappa shape index (κ1) is 27.1. The van der Waals surface area contributed by atoms with E-state index in [2.05, 4.69) is 10.6 Å². The molecule has 1 saturated carbocycles. The number of benzene rings is 3. The topological polar surface area (TPSA) is 108 Å². The predicted molar refractivity (Wildman–Crippen MR) is 147 cm³/mol. The minimum atomic E-state index is -1.26. The molecule has 1 aliphatic rings. The van der Waals surface area contributed by atoms with Crippen LogP contribution in [0.3, 0.4) is 0 Å². The summed E-state index contributed by atoms with van der Waals surface area (Å²) in [6.45, 7) is 6.43. The van der Waals surface area contributed by atoms with E-state index in [9.17, 15) is 19.5 Å². The summed E-state index contributed by atoms with van der Waals surface area (Å²) < 4.78 is 5.29. The van der Waals surface area contributed by atoms with Crippen molar-refractivity contribution in [2.45, 2.75) is 64.3 Å². The van der Waals surface area contributed by atoms with Crippen LogP contribution < -0.4 is 10.6 Å². The van der Waals surface area contributed by atoms with Crippen molar-refractivity contribution in [3.63, 3.8) is 0 Å². The van der Waals surface area contributed by atoms with Gasteiger partial charge in [-0.2, -0.15) is 0 Å². The van der Waals surface area contributed by atoms with Gasteiger partial charge in [0.25, 0.3) is 5.91 Å². The van der Waals surface area contributed by atoms with Crippen molar-refractivity contribution >= 4 is 34.4 Å². The van der Waals surface area contributed by atoms with Crippen LogP contribution in [0.5, 0.6) is 0 Å². The van der Waals surface area contributed by atoms with Gasteiger partial charge in [0.1, 0.15) is 17.7 Å². The summed E-state index contributed by atoms with van der Waals surface area (Å²) in [5.74, 6) is -0.916. The molecule has 1 fully saturated rings. The Balaban J connectivity index is 1.66. The number of fused-ring (bicyclic) bond motifs is 1. The summed E-state index contributed by atoms with van der Waals surface area (Å²) in [5.41, 5.74) is 1.44. The van der Waals surface area contributed by atoms with Crippen molar-refractivity contribution in [2.24, 2.45) is 0 Å². The van der Waals surface area contributed by atoms with E-state index in [1.807, 2.05) is 73.7 Å². The molecule has 3 aromatic rings. The normalized spacial score (nSPS) is 14.9. The van der Waals surface area contributed by atoms with Crippen molar-refractivity contribution in [1.82, 2.24) is 10.2 Å². The molecule has 2 atom stereocenters. The lowest BCUT2D eigenvalue weighted by atomic mass is 10.0. The van der Waals surface area contributed by atoms with Gasteiger partial charge in [0.15, 0.2) is 0 Å². The smallest absolute Gasteiger partial charge is 0.408 e. The van der Waals surface area contributed by atoms with Crippen LogP contribution in [-0.2, 0) is 14.3 Å². The lowest BCUT2D eigenvalue weighted by Gasteiger charge is -2.34. The number of amides is 3. The summed E-state index contributed by atoms with van der Waals surface area (Å²) in [7, 11) is 0. The first-order chi connectivity index (χ1) is 18.1. The average Bonchev–Trinajstić information content (AvgIpc) is 3.69. The molecule has 0 aliphatic heterocycles. The standard InChI is InChI=1S/C30H35N3O5/c1-19-8-7-11-22(16-19)26(27(35)31-23-13-12-20-9-5-6-10-21(20)17-23)33(24-14-15-24)28(36)25(18-34)32-29(37)38-30(2,3)4/h5-13,16-17,24-26,34H,14-15,18H2,1-4H3,(H,31,35)(H,32,37). The Labute approximate surface area is 223 Å². The van der Waals surface area contributed by atoms with Crippen LogP contribution in [0, 0.1) is 6.92 Å². The van der Waals surface area contributed by atoms with E-state index in [1.54, 1.807) is 20.8 Å². The Morgan fingerprint density at radius 3 is 2.34 bits per heavy atom. The van der Waals surface area contributed by atoms with E-state index in [1.165, 1.54) is 4.90 Å². The van der Waals surface area contributed by atoms with Crippen LogP contribution in [-0.4, -0.2) is 52.2 Å². The molecule has 0 radical (unpaired) electrons. The number of ether oxygens (including phenoxy) is 1. The lowest BCUT2D eigenvalue weighted by molar-refractivity contribution is -0.142. The first-order valence-corrected chi connectivity index (χ1v) is 12.8. The van der Waals surface area contributed by atoms with Gasteiger partial charge in [0.2, 0.25) is 5.91 Å². The molecule has 4 rings (SSSR count). The molecule has 8 heteroatoms. The van der Waals surface area contributed by atoms with Gasteiger partial charge in [-0.25, -0.2) is 4.79 Å². The number of nitrogens with one attached hydrogen (secondary N) is 2. The van der Waals surface area contributed by atoms with Gasteiger partial charge in [0.05, 0.1) is 6.61 Å². The molecule has 38 heavy (non-hydrogen) atoms. The molecule has 200 valence electrons. The first-order valence-electron chi connectivity index (χ1n) is 12.8. The van der Waals surface area contributed by atoms with Crippen molar-refractivity contribution in [2.75, 3.05) is 11.9 Å². The van der Waals surface area contributed by atoms with Gasteiger partial charge in [0, 0.05) is 11.7 Å². The number of nitrogens with zero attached hydrogens (tertiary/aromatic N) is 1. The maximum absolute atomic E-state index is 13.9. The summed E-state index contributed by atoms with van der Waals surface area (Å²) in [6, 6.07) is 18.6. The largest absolute Gasteiger partial charge is 0.444 e. The van der Waals surface area contributed by atoms with Gasteiger partial charge in [-0.15, -0.1) is 0 Å². The second-order valence-corrected chi connectivity index (χ2v) is 10.7. The molecule has 2 unspecified atom stereocenters. The van der Waals surface area contributed by atoms with E-state index in [0.717, 1.165) is 29.2 Å². The predicted octanol–water partition coefficient (Wildman–Crippen LogP) is 4.70. The fourth-order valence-electron chi connectivity index (χ4n) is 4.44. The highest BCUT2D eigenvalue weighted by Crippen LogP contribution is 2.36. The molecule has 8 nitrogen and oxygen atoms in total. The molecular formula is C30H35N3O5. The second kappa shape index (κ2) is 11.2. The number of rotatable bonds is 8. The maximum atomic E-state index is 13.9. The van der Waals surface area contributed by atoms with Gasteiger partial charge in [-0.3, -0.25) is 9.59 Å². The van der Waals surface area contributed by atoms with Crippen LogP contribution in [0.15, 0.2) is 66.7 Å². The number of aliphatic hydroxyl groups excluding tert-OH is 1. The minimum Gasteiger partial charge on any atom is -0.444 e. The van der Waals surface area contributed by atoms with E-state index in [4.69, 9.17) is 4.74 Å². The summed E-state index contributed by atoms with van der Waals surface area (Å²) in [6.07, 6.45) is 0.637. The second-order valence-electron chi connectivity index (χ2n) is 10.7. The summed E-state index contributed by atoms with van der Waals surface area (Å²) in [4.78, 5) is 41.6. The highest BCUT2D eigenvalue weighted by atomic mass is 16.6. The zero-order valence-corrected chi connectivity index (χ0v) is 22.2.